The molecule has 1 aromatic carbocycles. The number of thioether (sulfide) groups is 1. The molecule has 0 radical (unpaired) electrons. The maximum atomic E-state index is 13.0. The van der Waals surface area contributed by atoms with E-state index >= 15 is 0 Å². The van der Waals surface area contributed by atoms with Crippen LogP contribution in [0.15, 0.2) is 45.7 Å². The van der Waals surface area contributed by atoms with Gasteiger partial charge in [0.1, 0.15) is 11.1 Å². The maximum Gasteiger partial charge on any atom is 0.262 e. The highest BCUT2D eigenvalue weighted by molar-refractivity contribution is 7.99. The first-order valence-corrected chi connectivity index (χ1v) is 11.0. The van der Waals surface area contributed by atoms with Gasteiger partial charge in [-0.1, -0.05) is 23.9 Å². The number of nitrogens with zero attached hydrogens (tertiary/aromatic N) is 3. The van der Waals surface area contributed by atoms with Gasteiger partial charge in [-0.25, -0.2) is 4.98 Å². The lowest BCUT2D eigenvalue weighted by atomic mass is 10.2. The van der Waals surface area contributed by atoms with Crippen molar-refractivity contribution in [2.45, 2.75) is 30.6 Å². The third-order valence-electron chi connectivity index (χ3n) is 4.61. The molecule has 1 unspecified atom stereocenters. The fraction of sp³-hybridized carbons (Fsp3) is 0.300. The van der Waals surface area contributed by atoms with Crippen LogP contribution in [0.1, 0.15) is 18.4 Å². The number of ether oxygens (including phenoxy) is 1. The monoisotopic (exact) mass is 426 g/mol. The van der Waals surface area contributed by atoms with Gasteiger partial charge in [0.05, 0.1) is 34.9 Å². The van der Waals surface area contributed by atoms with E-state index in [1.165, 1.54) is 23.1 Å². The Bertz CT molecular complexity index is 1140. The van der Waals surface area contributed by atoms with E-state index < -0.39 is 0 Å². The fourth-order valence-electron chi connectivity index (χ4n) is 3.20. The van der Waals surface area contributed by atoms with E-state index in [0.29, 0.717) is 39.8 Å². The SMILES string of the molecule is N#Cc1ccsc1NC(=O)CSc1nc2ccccc2c(=O)n1CC1CCCO1. The molecule has 1 fully saturated rings. The van der Waals surface area contributed by atoms with Gasteiger partial charge in [0, 0.05) is 6.61 Å². The maximum absolute atomic E-state index is 13.0. The number of carbonyl (C=O) groups excluding carboxylic acids is 1. The van der Waals surface area contributed by atoms with E-state index in [4.69, 9.17) is 10.00 Å². The molecule has 29 heavy (non-hydrogen) atoms. The van der Waals surface area contributed by atoms with Gasteiger partial charge in [-0.2, -0.15) is 5.26 Å². The van der Waals surface area contributed by atoms with Crippen molar-refractivity contribution in [2.24, 2.45) is 0 Å². The molecule has 1 saturated heterocycles. The van der Waals surface area contributed by atoms with E-state index in [-0.39, 0.29) is 23.3 Å². The Kier molecular flexibility index (Phi) is 5.94. The van der Waals surface area contributed by atoms with Crippen molar-refractivity contribution in [1.29, 1.82) is 5.26 Å². The third-order valence-corrected chi connectivity index (χ3v) is 6.41. The summed E-state index contributed by atoms with van der Waals surface area (Å²) in [6.07, 6.45) is 1.86. The van der Waals surface area contributed by atoms with Crippen LogP contribution in [0.25, 0.3) is 10.9 Å². The van der Waals surface area contributed by atoms with E-state index in [1.807, 2.05) is 18.2 Å². The summed E-state index contributed by atoms with van der Waals surface area (Å²) in [5, 5.41) is 15.2. The van der Waals surface area contributed by atoms with Crippen molar-refractivity contribution < 1.29 is 9.53 Å². The summed E-state index contributed by atoms with van der Waals surface area (Å²) in [6.45, 7) is 1.12. The second kappa shape index (κ2) is 8.78. The van der Waals surface area contributed by atoms with Crippen LogP contribution in [0.2, 0.25) is 0 Å². The zero-order valence-electron chi connectivity index (χ0n) is 15.5. The van der Waals surface area contributed by atoms with Crippen LogP contribution in [0, 0.1) is 11.3 Å². The quantitative estimate of drug-likeness (QED) is 0.480. The number of benzene rings is 1. The summed E-state index contributed by atoms with van der Waals surface area (Å²) in [5.74, 6) is -0.168. The van der Waals surface area contributed by atoms with Crippen LogP contribution >= 0.6 is 23.1 Å². The van der Waals surface area contributed by atoms with Gasteiger partial charge in [0.25, 0.3) is 5.56 Å². The Morgan fingerprint density at radius 3 is 3.07 bits per heavy atom. The fourth-order valence-corrected chi connectivity index (χ4v) is 4.76. The van der Waals surface area contributed by atoms with Crippen molar-refractivity contribution in [3.05, 3.63) is 51.6 Å². The van der Waals surface area contributed by atoms with Crippen molar-refractivity contribution in [3.63, 3.8) is 0 Å². The number of hydrogen-bond acceptors (Lipinski definition) is 7. The number of nitrogens with one attached hydrogen (secondary N) is 1. The highest BCUT2D eigenvalue weighted by Gasteiger charge is 2.21. The Morgan fingerprint density at radius 1 is 1.41 bits per heavy atom. The second-order valence-corrected chi connectivity index (χ2v) is 8.43. The topological polar surface area (TPSA) is 97.0 Å². The number of fused-ring (bicyclic) bond motifs is 1. The van der Waals surface area contributed by atoms with Gasteiger partial charge in [0.15, 0.2) is 5.16 Å². The van der Waals surface area contributed by atoms with Crippen molar-refractivity contribution in [2.75, 3.05) is 17.7 Å². The summed E-state index contributed by atoms with van der Waals surface area (Å²) in [4.78, 5) is 30.0. The predicted octanol–water partition coefficient (Wildman–Crippen LogP) is 3.24. The van der Waals surface area contributed by atoms with Crippen LogP contribution in [0.3, 0.4) is 0 Å². The first-order valence-electron chi connectivity index (χ1n) is 9.17. The predicted molar refractivity (Wildman–Crippen MR) is 113 cm³/mol. The molecule has 0 bridgehead atoms. The summed E-state index contributed by atoms with van der Waals surface area (Å²) < 4.78 is 7.31. The number of para-hydroxylation sites is 1. The molecule has 0 spiro atoms. The Hall–Kier alpha value is -2.67. The van der Waals surface area contributed by atoms with Gasteiger partial charge < -0.3 is 10.1 Å². The molecular weight excluding hydrogens is 408 g/mol. The zero-order chi connectivity index (χ0) is 20.2. The third kappa shape index (κ3) is 4.34. The molecular formula is C20H18N4O3S2. The minimum absolute atomic E-state index is 0.0202. The number of hydrogen-bond donors (Lipinski definition) is 1. The number of aromatic nitrogens is 2. The van der Waals surface area contributed by atoms with Gasteiger partial charge in [-0.15, -0.1) is 11.3 Å². The molecule has 1 aliphatic rings. The molecule has 0 aliphatic carbocycles. The Morgan fingerprint density at radius 2 is 2.28 bits per heavy atom. The first-order chi connectivity index (χ1) is 14.2. The number of nitriles is 1. The summed E-state index contributed by atoms with van der Waals surface area (Å²) in [6, 6.07) is 10.9. The lowest BCUT2D eigenvalue weighted by Gasteiger charge is -2.16. The Labute approximate surface area is 175 Å². The normalized spacial score (nSPS) is 16.0. The average Bonchev–Trinajstić information content (AvgIpc) is 3.40. The molecule has 3 heterocycles. The standard InChI is InChI=1S/C20H18N4O3S2/c21-10-13-7-9-28-18(13)23-17(25)12-29-20-22-16-6-2-1-5-15(16)19(26)24(20)11-14-4-3-8-27-14/h1-2,5-7,9,14H,3-4,8,11-12H2,(H,23,25). The molecule has 148 valence electrons. The van der Waals surface area contributed by atoms with Crippen molar-refractivity contribution in [1.82, 2.24) is 9.55 Å². The molecule has 1 atom stereocenters. The summed E-state index contributed by atoms with van der Waals surface area (Å²) in [7, 11) is 0. The molecule has 1 aliphatic heterocycles. The molecule has 7 nitrogen and oxygen atoms in total. The largest absolute Gasteiger partial charge is 0.376 e. The zero-order valence-corrected chi connectivity index (χ0v) is 17.1. The molecule has 0 saturated carbocycles. The van der Waals surface area contributed by atoms with Gasteiger partial charge >= 0.3 is 0 Å². The van der Waals surface area contributed by atoms with E-state index in [2.05, 4.69) is 10.3 Å². The molecule has 3 aromatic rings. The number of thiophene rings is 1. The smallest absolute Gasteiger partial charge is 0.262 e. The van der Waals surface area contributed by atoms with Crippen LogP contribution in [-0.2, 0) is 16.1 Å². The first kappa shape index (κ1) is 19.6. The van der Waals surface area contributed by atoms with Crippen molar-refractivity contribution in [3.8, 4) is 6.07 Å². The van der Waals surface area contributed by atoms with Crippen LogP contribution in [0.4, 0.5) is 5.00 Å². The van der Waals surface area contributed by atoms with E-state index in [9.17, 15) is 9.59 Å². The highest BCUT2D eigenvalue weighted by Crippen LogP contribution is 2.24. The summed E-state index contributed by atoms with van der Waals surface area (Å²) >= 11 is 2.51. The minimum atomic E-state index is -0.250. The molecule has 4 rings (SSSR count). The molecule has 1 N–H and O–H groups in total. The van der Waals surface area contributed by atoms with E-state index in [1.54, 1.807) is 28.1 Å². The second-order valence-electron chi connectivity index (χ2n) is 6.57. The number of amides is 1. The highest BCUT2D eigenvalue weighted by atomic mass is 32.2. The molecule has 9 heteroatoms. The van der Waals surface area contributed by atoms with Gasteiger partial charge in [-0.3, -0.25) is 14.2 Å². The number of rotatable bonds is 6. The van der Waals surface area contributed by atoms with Crippen molar-refractivity contribution >= 4 is 44.9 Å². The lowest BCUT2D eigenvalue weighted by molar-refractivity contribution is -0.113. The summed E-state index contributed by atoms with van der Waals surface area (Å²) in [5.41, 5.74) is 0.917. The van der Waals surface area contributed by atoms with Crippen LogP contribution < -0.4 is 10.9 Å². The Balaban J connectivity index is 1.57. The van der Waals surface area contributed by atoms with Gasteiger partial charge in [0.2, 0.25) is 5.91 Å². The lowest BCUT2D eigenvalue weighted by Crippen LogP contribution is -2.29. The van der Waals surface area contributed by atoms with Crippen LogP contribution in [0.5, 0.6) is 0 Å². The molecule has 1 amide bonds. The minimum Gasteiger partial charge on any atom is -0.376 e. The number of anilines is 1. The average molecular weight is 427 g/mol. The van der Waals surface area contributed by atoms with E-state index in [0.717, 1.165) is 12.8 Å². The van der Waals surface area contributed by atoms with Crippen LogP contribution in [-0.4, -0.2) is 33.9 Å². The van der Waals surface area contributed by atoms with Gasteiger partial charge in [-0.05, 0) is 36.4 Å². The number of carbonyl (C=O) groups is 1. The molecule has 2 aromatic heterocycles.